The summed E-state index contributed by atoms with van der Waals surface area (Å²) >= 11 is 0. The molecule has 0 aliphatic heterocycles. The van der Waals surface area contributed by atoms with Crippen molar-refractivity contribution in [1.82, 2.24) is 10.6 Å². The predicted molar refractivity (Wildman–Crippen MR) is 95.1 cm³/mol. The summed E-state index contributed by atoms with van der Waals surface area (Å²) in [5.41, 5.74) is 0.620. The summed E-state index contributed by atoms with van der Waals surface area (Å²) in [6, 6.07) is 1.56. The van der Waals surface area contributed by atoms with E-state index in [1.54, 1.807) is 0 Å². The van der Waals surface area contributed by atoms with Gasteiger partial charge in [-0.3, -0.25) is 0 Å². The van der Waals surface area contributed by atoms with Crippen LogP contribution in [0, 0.1) is 23.2 Å². The molecule has 2 heteroatoms. The Morgan fingerprint density at radius 2 is 1.50 bits per heavy atom. The number of hydrogen-bond donors (Lipinski definition) is 2. The van der Waals surface area contributed by atoms with Crippen LogP contribution in [0.3, 0.4) is 0 Å². The lowest BCUT2D eigenvalue weighted by Crippen LogP contribution is -2.60. The van der Waals surface area contributed by atoms with Gasteiger partial charge in [0, 0.05) is 25.2 Å². The summed E-state index contributed by atoms with van der Waals surface area (Å²) in [5, 5.41) is 7.69. The van der Waals surface area contributed by atoms with E-state index in [1.165, 1.54) is 57.8 Å². The Hall–Kier alpha value is -0.0800. The van der Waals surface area contributed by atoms with E-state index in [1.807, 2.05) is 0 Å². The van der Waals surface area contributed by atoms with Crippen LogP contribution in [0.15, 0.2) is 0 Å². The lowest BCUT2D eigenvalue weighted by molar-refractivity contribution is -0.114. The van der Waals surface area contributed by atoms with Crippen LogP contribution < -0.4 is 10.6 Å². The molecule has 128 valence electrons. The predicted octanol–water partition coefficient (Wildman–Crippen LogP) is 4.35. The fraction of sp³-hybridized carbons (Fsp3) is 1.00. The molecule has 4 aliphatic rings. The molecule has 0 heterocycles. The third-order valence-corrected chi connectivity index (χ3v) is 7.42. The normalized spacial score (nSPS) is 38.9. The van der Waals surface area contributed by atoms with Crippen molar-refractivity contribution in [1.29, 1.82) is 0 Å². The van der Waals surface area contributed by atoms with Crippen LogP contribution in [-0.4, -0.2) is 25.2 Å². The summed E-state index contributed by atoms with van der Waals surface area (Å²) in [7, 11) is 0. The second-order valence-corrected chi connectivity index (χ2v) is 9.01. The minimum Gasteiger partial charge on any atom is -0.313 e. The molecule has 0 saturated heterocycles. The number of hydrogen-bond acceptors (Lipinski definition) is 2. The topological polar surface area (TPSA) is 24.1 Å². The average Bonchev–Trinajstić information content (AvgIpc) is 2.46. The first kappa shape index (κ1) is 16.8. The minimum atomic E-state index is 0.620. The van der Waals surface area contributed by atoms with Crippen molar-refractivity contribution < 1.29 is 0 Å². The first-order valence-electron chi connectivity index (χ1n) is 10.1. The van der Waals surface area contributed by atoms with Gasteiger partial charge < -0.3 is 10.6 Å². The van der Waals surface area contributed by atoms with Gasteiger partial charge in [0.1, 0.15) is 0 Å². The Morgan fingerprint density at radius 3 is 2.14 bits per heavy atom. The molecule has 4 rings (SSSR count). The first-order chi connectivity index (χ1) is 10.6. The summed E-state index contributed by atoms with van der Waals surface area (Å²) in [4.78, 5) is 0. The van der Waals surface area contributed by atoms with E-state index in [-0.39, 0.29) is 0 Å². The molecule has 22 heavy (non-hydrogen) atoms. The van der Waals surface area contributed by atoms with Gasteiger partial charge in [0.05, 0.1) is 0 Å². The van der Waals surface area contributed by atoms with E-state index in [0.717, 1.165) is 42.9 Å². The number of rotatable bonds is 5. The van der Waals surface area contributed by atoms with Crippen molar-refractivity contribution in [2.75, 3.05) is 13.1 Å². The van der Waals surface area contributed by atoms with Crippen molar-refractivity contribution in [3.05, 3.63) is 0 Å². The zero-order valence-electron chi connectivity index (χ0n) is 15.2. The zero-order valence-corrected chi connectivity index (χ0v) is 15.2. The summed E-state index contributed by atoms with van der Waals surface area (Å²) < 4.78 is 0. The SMILES string of the molecule is C[C@@H]1[C@H](NCCNC2CCCCCCC2)C[C@H]2C[C@@H]1C2(C)C. The number of nitrogens with one attached hydrogen (secondary N) is 2. The van der Waals surface area contributed by atoms with Gasteiger partial charge >= 0.3 is 0 Å². The third kappa shape index (κ3) is 3.53. The second kappa shape index (κ2) is 7.21. The molecule has 0 amide bonds. The van der Waals surface area contributed by atoms with Gasteiger partial charge in [0.2, 0.25) is 0 Å². The molecule has 0 aromatic heterocycles. The first-order valence-corrected chi connectivity index (χ1v) is 10.1. The summed E-state index contributed by atoms with van der Waals surface area (Å²) in [6.45, 7) is 9.79. The molecular weight excluding hydrogens is 268 g/mol. The minimum absolute atomic E-state index is 0.620. The van der Waals surface area contributed by atoms with Gasteiger partial charge in [0.15, 0.2) is 0 Å². The van der Waals surface area contributed by atoms with Crippen LogP contribution in [0.5, 0.6) is 0 Å². The largest absolute Gasteiger partial charge is 0.313 e. The second-order valence-electron chi connectivity index (χ2n) is 9.01. The molecule has 2 N–H and O–H groups in total. The maximum atomic E-state index is 3.88. The summed E-state index contributed by atoms with van der Waals surface area (Å²) in [6.07, 6.45) is 12.9. The van der Waals surface area contributed by atoms with Crippen LogP contribution in [0.25, 0.3) is 0 Å². The van der Waals surface area contributed by atoms with Gasteiger partial charge in [-0.05, 0) is 48.9 Å². The molecule has 4 saturated carbocycles. The molecule has 4 aliphatic carbocycles. The van der Waals surface area contributed by atoms with Crippen LogP contribution in [0.4, 0.5) is 0 Å². The highest BCUT2D eigenvalue weighted by molar-refractivity contribution is 5.06. The van der Waals surface area contributed by atoms with E-state index >= 15 is 0 Å². The van der Waals surface area contributed by atoms with Gasteiger partial charge in [-0.25, -0.2) is 0 Å². The van der Waals surface area contributed by atoms with Gasteiger partial charge in [-0.15, -0.1) is 0 Å². The Morgan fingerprint density at radius 1 is 0.864 bits per heavy atom. The van der Waals surface area contributed by atoms with Crippen molar-refractivity contribution in [3.63, 3.8) is 0 Å². The lowest BCUT2D eigenvalue weighted by atomic mass is 9.45. The quantitative estimate of drug-likeness (QED) is 0.738. The molecule has 0 radical (unpaired) electrons. The third-order valence-electron chi connectivity index (χ3n) is 7.42. The molecule has 4 atom stereocenters. The molecular formula is C20H38N2. The van der Waals surface area contributed by atoms with Crippen LogP contribution >= 0.6 is 0 Å². The van der Waals surface area contributed by atoms with Crippen LogP contribution in [0.2, 0.25) is 0 Å². The van der Waals surface area contributed by atoms with E-state index in [4.69, 9.17) is 0 Å². The molecule has 0 spiro atoms. The van der Waals surface area contributed by atoms with Gasteiger partial charge in [-0.2, -0.15) is 0 Å². The molecule has 0 aromatic carbocycles. The van der Waals surface area contributed by atoms with Crippen molar-refractivity contribution >= 4 is 0 Å². The fourth-order valence-electron chi connectivity index (χ4n) is 5.61. The van der Waals surface area contributed by atoms with Crippen molar-refractivity contribution in [2.45, 2.75) is 90.6 Å². The lowest BCUT2D eigenvalue weighted by Gasteiger charge is -2.62. The van der Waals surface area contributed by atoms with Crippen molar-refractivity contribution in [3.8, 4) is 0 Å². The summed E-state index contributed by atoms with van der Waals surface area (Å²) in [5.74, 6) is 2.80. The standard InChI is InChI=1S/C20H38N2/c1-15-18-13-16(20(18,2)3)14-19(15)22-12-11-21-17-9-7-5-4-6-8-10-17/h15-19,21-22H,4-14H2,1-3H3/t15-,16+,18-,19+/m0/s1. The fourth-order valence-corrected chi connectivity index (χ4v) is 5.61. The average molecular weight is 307 g/mol. The van der Waals surface area contributed by atoms with Gasteiger partial charge in [0.25, 0.3) is 0 Å². The van der Waals surface area contributed by atoms with Crippen LogP contribution in [-0.2, 0) is 0 Å². The Balaban J connectivity index is 1.34. The van der Waals surface area contributed by atoms with E-state index in [2.05, 4.69) is 31.4 Å². The smallest absolute Gasteiger partial charge is 0.00989 e. The van der Waals surface area contributed by atoms with Crippen molar-refractivity contribution in [2.24, 2.45) is 23.2 Å². The van der Waals surface area contributed by atoms with E-state index < -0.39 is 0 Å². The Labute approximate surface area is 138 Å². The van der Waals surface area contributed by atoms with Crippen LogP contribution in [0.1, 0.15) is 78.6 Å². The molecule has 2 bridgehead atoms. The molecule has 0 aromatic rings. The molecule has 2 nitrogen and oxygen atoms in total. The highest BCUT2D eigenvalue weighted by Gasteiger charge is 2.55. The molecule has 4 fully saturated rings. The molecule has 0 unspecified atom stereocenters. The Bertz CT molecular complexity index is 344. The van der Waals surface area contributed by atoms with Gasteiger partial charge in [-0.1, -0.05) is 52.9 Å². The highest BCUT2D eigenvalue weighted by atomic mass is 15.0. The zero-order chi connectivity index (χ0) is 15.6. The van der Waals surface area contributed by atoms with E-state index in [9.17, 15) is 0 Å². The maximum absolute atomic E-state index is 3.88. The number of fused-ring (bicyclic) bond motifs is 2. The highest BCUT2D eigenvalue weighted by Crippen LogP contribution is 2.61. The monoisotopic (exact) mass is 306 g/mol. The Kier molecular flexibility index (Phi) is 5.50. The van der Waals surface area contributed by atoms with E-state index in [0.29, 0.717) is 5.41 Å². The maximum Gasteiger partial charge on any atom is 0.00989 e.